The maximum Gasteiger partial charge on any atom is 0.155 e. The second-order valence-corrected chi connectivity index (χ2v) is 4.42. The van der Waals surface area contributed by atoms with Crippen molar-refractivity contribution in [2.24, 2.45) is 0 Å². The summed E-state index contributed by atoms with van der Waals surface area (Å²) >= 11 is 0. The van der Waals surface area contributed by atoms with Gasteiger partial charge in [-0.3, -0.25) is 0 Å². The topological polar surface area (TPSA) is 33.4 Å². The van der Waals surface area contributed by atoms with Gasteiger partial charge in [0, 0.05) is 37.4 Å². The van der Waals surface area contributed by atoms with E-state index in [4.69, 9.17) is 0 Å². The fourth-order valence-corrected chi connectivity index (χ4v) is 2.13. The molecule has 2 heterocycles. The minimum atomic E-state index is 0.894. The molecule has 2 aromatic heterocycles. The molecule has 0 spiro atoms. The molecule has 4 heteroatoms. The largest absolute Gasteiger partial charge is 0.377 e. The van der Waals surface area contributed by atoms with Crippen molar-refractivity contribution in [3.05, 3.63) is 36.2 Å². The Morgan fingerprint density at radius 1 is 1.24 bits per heavy atom. The van der Waals surface area contributed by atoms with Crippen LogP contribution in [0.5, 0.6) is 0 Å². The first-order chi connectivity index (χ1) is 8.16. The number of hydrogen-bond acceptors (Lipinski definition) is 3. The average molecular weight is 226 g/mol. The molecule has 0 saturated heterocycles. The molecule has 0 aliphatic heterocycles. The van der Waals surface area contributed by atoms with Crippen LogP contribution in [0.2, 0.25) is 0 Å². The standard InChI is InChI=1S/C13H14N4/c1-9-7-13-14-8-10-11(16(2)3)5-4-6-12(10)17(13)15-9/h4-8H,1-3H3. The number of aryl methyl sites for hydroxylation is 1. The summed E-state index contributed by atoms with van der Waals surface area (Å²) in [6.45, 7) is 1.98. The van der Waals surface area contributed by atoms with E-state index in [1.807, 2.05) is 43.9 Å². The summed E-state index contributed by atoms with van der Waals surface area (Å²) in [5.74, 6) is 0. The molecule has 4 nitrogen and oxygen atoms in total. The predicted molar refractivity (Wildman–Crippen MR) is 69.6 cm³/mol. The quantitative estimate of drug-likeness (QED) is 0.638. The van der Waals surface area contributed by atoms with Gasteiger partial charge < -0.3 is 4.90 Å². The van der Waals surface area contributed by atoms with Crippen molar-refractivity contribution in [1.82, 2.24) is 14.6 Å². The highest BCUT2D eigenvalue weighted by Gasteiger charge is 2.08. The molecule has 0 radical (unpaired) electrons. The Kier molecular flexibility index (Phi) is 2.04. The molecule has 17 heavy (non-hydrogen) atoms. The van der Waals surface area contributed by atoms with Crippen LogP contribution in [0.15, 0.2) is 30.5 Å². The summed E-state index contributed by atoms with van der Waals surface area (Å²) in [5.41, 5.74) is 4.13. The lowest BCUT2D eigenvalue weighted by Crippen LogP contribution is -2.09. The van der Waals surface area contributed by atoms with Gasteiger partial charge in [0.1, 0.15) is 0 Å². The molecular formula is C13H14N4. The molecular weight excluding hydrogens is 212 g/mol. The van der Waals surface area contributed by atoms with Gasteiger partial charge in [0.15, 0.2) is 5.65 Å². The number of fused-ring (bicyclic) bond motifs is 3. The van der Waals surface area contributed by atoms with E-state index in [0.29, 0.717) is 0 Å². The van der Waals surface area contributed by atoms with Gasteiger partial charge in [-0.2, -0.15) is 5.10 Å². The van der Waals surface area contributed by atoms with E-state index in [-0.39, 0.29) is 0 Å². The number of benzene rings is 1. The lowest BCUT2D eigenvalue weighted by Gasteiger charge is -2.15. The fraction of sp³-hybridized carbons (Fsp3) is 0.231. The summed E-state index contributed by atoms with van der Waals surface area (Å²) < 4.78 is 1.90. The highest BCUT2D eigenvalue weighted by atomic mass is 15.3. The molecule has 0 unspecified atom stereocenters. The maximum absolute atomic E-state index is 4.48. The molecule has 0 saturated carbocycles. The molecule has 0 aliphatic carbocycles. The van der Waals surface area contributed by atoms with Crippen LogP contribution in [-0.4, -0.2) is 28.7 Å². The number of rotatable bonds is 1. The van der Waals surface area contributed by atoms with E-state index in [0.717, 1.165) is 27.9 Å². The van der Waals surface area contributed by atoms with Gasteiger partial charge in [0.2, 0.25) is 0 Å². The van der Waals surface area contributed by atoms with Crippen LogP contribution in [0.4, 0.5) is 5.69 Å². The van der Waals surface area contributed by atoms with Crippen LogP contribution < -0.4 is 4.90 Å². The van der Waals surface area contributed by atoms with Crippen molar-refractivity contribution in [2.45, 2.75) is 6.92 Å². The van der Waals surface area contributed by atoms with Gasteiger partial charge in [-0.1, -0.05) is 6.07 Å². The lowest BCUT2D eigenvalue weighted by molar-refractivity contribution is 0.955. The molecule has 0 atom stereocenters. The second kappa shape index (κ2) is 3.45. The minimum absolute atomic E-state index is 0.894. The zero-order valence-electron chi connectivity index (χ0n) is 10.2. The Bertz CT molecular complexity index is 697. The zero-order valence-corrected chi connectivity index (χ0v) is 10.2. The average Bonchev–Trinajstić information content (AvgIpc) is 2.68. The van der Waals surface area contributed by atoms with Crippen molar-refractivity contribution in [3.63, 3.8) is 0 Å². The smallest absolute Gasteiger partial charge is 0.155 e. The van der Waals surface area contributed by atoms with Crippen LogP contribution >= 0.6 is 0 Å². The zero-order chi connectivity index (χ0) is 12.0. The number of aromatic nitrogens is 3. The van der Waals surface area contributed by atoms with Crippen LogP contribution in [0.1, 0.15) is 5.69 Å². The first-order valence-corrected chi connectivity index (χ1v) is 5.58. The Balaban J connectivity index is 2.47. The van der Waals surface area contributed by atoms with Gasteiger partial charge >= 0.3 is 0 Å². The maximum atomic E-state index is 4.48. The van der Waals surface area contributed by atoms with Crippen LogP contribution in [0.25, 0.3) is 16.6 Å². The van der Waals surface area contributed by atoms with Crippen LogP contribution in [0, 0.1) is 6.92 Å². The SMILES string of the molecule is Cc1cc2ncc3c(N(C)C)cccc3n2n1. The molecule has 0 aliphatic rings. The van der Waals surface area contributed by atoms with Crippen molar-refractivity contribution in [2.75, 3.05) is 19.0 Å². The van der Waals surface area contributed by atoms with E-state index in [9.17, 15) is 0 Å². The Morgan fingerprint density at radius 2 is 2.06 bits per heavy atom. The summed E-state index contributed by atoms with van der Waals surface area (Å²) in [4.78, 5) is 6.54. The van der Waals surface area contributed by atoms with E-state index < -0.39 is 0 Å². The number of hydrogen-bond donors (Lipinski definition) is 0. The van der Waals surface area contributed by atoms with Gasteiger partial charge in [0.25, 0.3) is 0 Å². The third-order valence-electron chi connectivity index (χ3n) is 2.91. The van der Waals surface area contributed by atoms with E-state index >= 15 is 0 Å². The van der Waals surface area contributed by atoms with Crippen molar-refractivity contribution in [1.29, 1.82) is 0 Å². The van der Waals surface area contributed by atoms with Gasteiger partial charge in [-0.25, -0.2) is 9.50 Å². The van der Waals surface area contributed by atoms with Crippen LogP contribution in [0.3, 0.4) is 0 Å². The summed E-state index contributed by atoms with van der Waals surface area (Å²) in [7, 11) is 4.07. The highest BCUT2D eigenvalue weighted by Crippen LogP contribution is 2.25. The Morgan fingerprint density at radius 3 is 2.82 bits per heavy atom. The van der Waals surface area contributed by atoms with Gasteiger partial charge in [-0.05, 0) is 19.1 Å². The van der Waals surface area contributed by atoms with Gasteiger partial charge in [0.05, 0.1) is 11.2 Å². The third kappa shape index (κ3) is 1.45. The van der Waals surface area contributed by atoms with Crippen molar-refractivity contribution < 1.29 is 0 Å². The highest BCUT2D eigenvalue weighted by molar-refractivity contribution is 5.92. The normalized spacial score (nSPS) is 11.2. The van der Waals surface area contributed by atoms with Gasteiger partial charge in [-0.15, -0.1) is 0 Å². The van der Waals surface area contributed by atoms with E-state index in [2.05, 4.69) is 27.1 Å². The molecule has 3 rings (SSSR count). The van der Waals surface area contributed by atoms with Crippen molar-refractivity contribution in [3.8, 4) is 0 Å². The Labute approximate surface area is 99.5 Å². The minimum Gasteiger partial charge on any atom is -0.377 e. The summed E-state index contributed by atoms with van der Waals surface area (Å²) in [6, 6.07) is 8.20. The molecule has 0 fully saturated rings. The Hall–Kier alpha value is -2.10. The van der Waals surface area contributed by atoms with E-state index in [1.54, 1.807) is 0 Å². The number of anilines is 1. The molecule has 3 aromatic rings. The lowest BCUT2D eigenvalue weighted by atomic mass is 10.2. The fourth-order valence-electron chi connectivity index (χ4n) is 2.13. The van der Waals surface area contributed by atoms with Crippen molar-refractivity contribution >= 4 is 22.2 Å². The first-order valence-electron chi connectivity index (χ1n) is 5.58. The predicted octanol–water partition coefficient (Wildman–Crippen LogP) is 2.26. The molecule has 0 amide bonds. The monoisotopic (exact) mass is 226 g/mol. The molecule has 0 N–H and O–H groups in total. The van der Waals surface area contributed by atoms with E-state index in [1.165, 1.54) is 0 Å². The summed E-state index contributed by atoms with van der Waals surface area (Å²) in [6.07, 6.45) is 1.92. The van der Waals surface area contributed by atoms with Crippen LogP contribution in [-0.2, 0) is 0 Å². The first kappa shape index (κ1) is 10.1. The molecule has 86 valence electrons. The second-order valence-electron chi connectivity index (χ2n) is 4.42. The third-order valence-corrected chi connectivity index (χ3v) is 2.91. The summed E-state index contributed by atoms with van der Waals surface area (Å²) in [5, 5.41) is 5.60. The molecule has 1 aromatic carbocycles. The molecule has 0 bridgehead atoms. The number of nitrogens with zero attached hydrogens (tertiary/aromatic N) is 4.